The Labute approximate surface area is 174 Å². The van der Waals surface area contributed by atoms with Gasteiger partial charge in [-0.1, -0.05) is 0 Å². The van der Waals surface area contributed by atoms with Gasteiger partial charge < -0.3 is 19.7 Å². The van der Waals surface area contributed by atoms with Crippen molar-refractivity contribution in [2.75, 3.05) is 13.1 Å². The highest BCUT2D eigenvalue weighted by molar-refractivity contribution is 5.72. The molecule has 1 aliphatic heterocycles. The highest BCUT2D eigenvalue weighted by atomic mass is 16.6. The van der Waals surface area contributed by atoms with Gasteiger partial charge in [0.15, 0.2) is 5.65 Å². The van der Waals surface area contributed by atoms with Gasteiger partial charge in [-0.3, -0.25) is 4.57 Å². The number of nitrogens with one attached hydrogen (secondary N) is 1. The van der Waals surface area contributed by atoms with Gasteiger partial charge in [0.1, 0.15) is 6.10 Å². The smallest absolute Gasteiger partial charge is 0.410 e. The molecule has 0 aromatic carbocycles. The molecule has 3 atom stereocenters. The molecule has 30 heavy (non-hydrogen) atoms. The van der Waals surface area contributed by atoms with Crippen LogP contribution in [0.25, 0.3) is 11.2 Å². The van der Waals surface area contributed by atoms with Gasteiger partial charge >= 0.3 is 11.8 Å². The number of likely N-dealkylation sites (tertiary alicyclic amines) is 1. The first-order chi connectivity index (χ1) is 14.4. The number of hydrogen-bond acceptors (Lipinski definition) is 5. The Morgan fingerprint density at radius 2 is 2.07 bits per heavy atom. The van der Waals surface area contributed by atoms with Crippen LogP contribution in [-0.4, -0.2) is 55.4 Å². The van der Waals surface area contributed by atoms with E-state index in [2.05, 4.69) is 9.97 Å². The Bertz CT molecular complexity index is 1060. The maximum atomic E-state index is 13.0. The van der Waals surface area contributed by atoms with Gasteiger partial charge in [-0.2, -0.15) is 0 Å². The number of aromatic amines is 1. The number of pyridine rings is 1. The molecule has 2 unspecified atom stereocenters. The Morgan fingerprint density at radius 3 is 2.80 bits per heavy atom. The van der Waals surface area contributed by atoms with E-state index in [1.165, 1.54) is 0 Å². The number of aryl methyl sites for hydroxylation is 1. The molecule has 5 aliphatic rings. The molecule has 7 rings (SSSR count). The van der Waals surface area contributed by atoms with Gasteiger partial charge in [0.05, 0.1) is 17.2 Å². The number of aliphatic hydroxyl groups is 1. The van der Waals surface area contributed by atoms with E-state index in [4.69, 9.17) is 4.74 Å². The molecule has 5 fully saturated rings. The van der Waals surface area contributed by atoms with E-state index in [1.54, 1.807) is 15.7 Å². The second-order valence-electron chi connectivity index (χ2n) is 10.1. The molecule has 0 spiro atoms. The summed E-state index contributed by atoms with van der Waals surface area (Å²) in [5.41, 5.74) is 1.65. The minimum Gasteiger partial charge on any atom is -0.446 e. The molecule has 2 N–H and O–H groups in total. The van der Waals surface area contributed by atoms with Crippen molar-refractivity contribution in [1.29, 1.82) is 0 Å². The molecule has 3 heterocycles. The zero-order chi connectivity index (χ0) is 20.6. The van der Waals surface area contributed by atoms with E-state index in [0.717, 1.165) is 43.2 Å². The van der Waals surface area contributed by atoms with Crippen LogP contribution in [0.4, 0.5) is 4.79 Å². The number of carbonyl (C=O) groups is 1. The number of amides is 1. The first-order valence-electron chi connectivity index (χ1n) is 11.1. The monoisotopic (exact) mass is 412 g/mol. The molecule has 1 amide bonds. The molecule has 0 radical (unpaired) electrons. The van der Waals surface area contributed by atoms with Crippen molar-refractivity contribution < 1.29 is 14.6 Å². The van der Waals surface area contributed by atoms with Crippen LogP contribution in [0.5, 0.6) is 0 Å². The highest BCUT2D eigenvalue weighted by Gasteiger charge is 2.56. The van der Waals surface area contributed by atoms with Gasteiger partial charge in [-0.15, -0.1) is 0 Å². The van der Waals surface area contributed by atoms with E-state index in [1.807, 2.05) is 13.0 Å². The number of nitrogens with zero attached hydrogens (tertiary/aromatic N) is 3. The maximum Gasteiger partial charge on any atom is 0.410 e. The number of aromatic nitrogens is 3. The van der Waals surface area contributed by atoms with Crippen LogP contribution in [0, 0.1) is 24.7 Å². The predicted molar refractivity (Wildman–Crippen MR) is 109 cm³/mol. The second kappa shape index (κ2) is 6.33. The number of rotatable bonds is 2. The molecule has 2 aromatic rings. The molecular weight excluding hydrogens is 384 g/mol. The maximum absolute atomic E-state index is 13.0. The van der Waals surface area contributed by atoms with E-state index < -0.39 is 5.60 Å². The Kier molecular flexibility index (Phi) is 3.88. The Hall–Kier alpha value is -2.35. The summed E-state index contributed by atoms with van der Waals surface area (Å²) in [7, 11) is 0. The third-order valence-corrected chi connectivity index (χ3v) is 7.87. The predicted octanol–water partition coefficient (Wildman–Crippen LogP) is 2.36. The molecule has 2 aromatic heterocycles. The number of fused-ring (bicyclic) bond motifs is 1. The van der Waals surface area contributed by atoms with Gasteiger partial charge in [-0.05, 0) is 74.8 Å². The van der Waals surface area contributed by atoms with Crippen molar-refractivity contribution in [2.24, 2.45) is 17.8 Å². The summed E-state index contributed by atoms with van der Waals surface area (Å²) in [5, 5.41) is 10.7. The number of H-pyrrole nitrogens is 1. The zero-order valence-electron chi connectivity index (χ0n) is 17.2. The van der Waals surface area contributed by atoms with E-state index >= 15 is 0 Å². The van der Waals surface area contributed by atoms with E-state index in [9.17, 15) is 14.7 Å². The summed E-state index contributed by atoms with van der Waals surface area (Å²) in [6.07, 6.45) is 6.68. The van der Waals surface area contributed by atoms with E-state index in [0.29, 0.717) is 31.1 Å². The summed E-state index contributed by atoms with van der Waals surface area (Å²) in [6, 6.07) is 1.81. The quantitative estimate of drug-likeness (QED) is 0.789. The van der Waals surface area contributed by atoms with Crippen LogP contribution in [0.3, 0.4) is 0 Å². The lowest BCUT2D eigenvalue weighted by Crippen LogP contribution is -2.58. The molecule has 8 heteroatoms. The second-order valence-corrected chi connectivity index (χ2v) is 10.1. The standard InChI is InChI=1S/C22H28N4O4/c1-12-4-17-19(23-10-12)26(20(27)24-17)16-2-3-25(11-16)21(28)30-18-14-5-13-6-15(18)9-22(29,7-13)8-14/h4,10,13-16,18,29H,2-3,5-9,11H2,1H3,(H,24,27)/t13?,14?,15?,16-,18-,22-/m1/s1. The lowest BCUT2D eigenvalue weighted by Gasteiger charge is -2.57. The van der Waals surface area contributed by atoms with Crippen molar-refractivity contribution in [1.82, 2.24) is 19.4 Å². The highest BCUT2D eigenvalue weighted by Crippen LogP contribution is 2.56. The number of carbonyl (C=O) groups excluding carboxylic acids is 1. The van der Waals surface area contributed by atoms with Gasteiger partial charge in [0, 0.05) is 19.3 Å². The largest absolute Gasteiger partial charge is 0.446 e. The van der Waals surface area contributed by atoms with Crippen LogP contribution < -0.4 is 5.69 Å². The molecule has 4 saturated carbocycles. The van der Waals surface area contributed by atoms with Crippen molar-refractivity contribution in [3.63, 3.8) is 0 Å². The fraction of sp³-hybridized carbons (Fsp3) is 0.682. The van der Waals surface area contributed by atoms with Gasteiger partial charge in [0.25, 0.3) is 0 Å². The lowest BCUT2D eigenvalue weighted by atomic mass is 9.53. The summed E-state index contributed by atoms with van der Waals surface area (Å²) in [6.45, 7) is 2.97. The summed E-state index contributed by atoms with van der Waals surface area (Å²) >= 11 is 0. The van der Waals surface area contributed by atoms with Crippen molar-refractivity contribution in [2.45, 2.75) is 63.2 Å². The van der Waals surface area contributed by atoms with Crippen LogP contribution in [-0.2, 0) is 4.74 Å². The van der Waals surface area contributed by atoms with E-state index in [-0.39, 0.29) is 35.8 Å². The lowest BCUT2D eigenvalue weighted by molar-refractivity contribution is -0.177. The average molecular weight is 412 g/mol. The minimum atomic E-state index is -0.528. The summed E-state index contributed by atoms with van der Waals surface area (Å²) < 4.78 is 7.70. The van der Waals surface area contributed by atoms with Gasteiger partial charge in [0.2, 0.25) is 0 Å². The van der Waals surface area contributed by atoms with Crippen LogP contribution >= 0.6 is 0 Å². The number of hydrogen-bond donors (Lipinski definition) is 2. The third kappa shape index (κ3) is 2.80. The Morgan fingerprint density at radius 1 is 1.30 bits per heavy atom. The van der Waals surface area contributed by atoms with Crippen molar-refractivity contribution in [3.05, 3.63) is 28.3 Å². The Balaban J connectivity index is 1.17. The SMILES string of the molecule is Cc1cnc2c(c1)[nH]c(=O)n2[C@@H]1CCN(C(=O)O[C@H]2C3CC4CC2C[C@](O)(C4)C3)C1. The zero-order valence-corrected chi connectivity index (χ0v) is 17.2. The molecule has 4 bridgehead atoms. The number of ether oxygens (including phenoxy) is 1. The topological polar surface area (TPSA) is 100 Å². The van der Waals surface area contributed by atoms with Crippen molar-refractivity contribution >= 4 is 17.3 Å². The summed E-state index contributed by atoms with van der Waals surface area (Å²) in [5.74, 6) is 1.16. The van der Waals surface area contributed by atoms with Crippen LogP contribution in [0.1, 0.15) is 50.1 Å². The van der Waals surface area contributed by atoms with Crippen molar-refractivity contribution in [3.8, 4) is 0 Å². The van der Waals surface area contributed by atoms with Crippen LogP contribution in [0.2, 0.25) is 0 Å². The fourth-order valence-corrected chi connectivity index (χ4v) is 6.89. The molecule has 8 nitrogen and oxygen atoms in total. The first-order valence-corrected chi connectivity index (χ1v) is 11.1. The first kappa shape index (κ1) is 18.4. The normalized spacial score (nSPS) is 37.3. The van der Waals surface area contributed by atoms with Crippen LogP contribution in [0.15, 0.2) is 17.1 Å². The molecule has 160 valence electrons. The molecular formula is C22H28N4O4. The fourth-order valence-electron chi connectivity index (χ4n) is 6.89. The third-order valence-electron chi connectivity index (χ3n) is 7.87. The number of imidazole rings is 1. The average Bonchev–Trinajstić information content (AvgIpc) is 3.26. The minimum absolute atomic E-state index is 0.0752. The van der Waals surface area contributed by atoms with Gasteiger partial charge in [-0.25, -0.2) is 14.6 Å². The molecule has 4 aliphatic carbocycles. The summed E-state index contributed by atoms with van der Waals surface area (Å²) in [4.78, 5) is 34.5. The molecule has 1 saturated heterocycles.